The Morgan fingerprint density at radius 1 is 1.39 bits per heavy atom. The van der Waals surface area contributed by atoms with Crippen LogP contribution in [0.1, 0.15) is 42.4 Å². The van der Waals surface area contributed by atoms with Gasteiger partial charge in [-0.2, -0.15) is 0 Å². The number of carbonyl (C=O) groups excluding carboxylic acids is 2. The van der Waals surface area contributed by atoms with Crippen molar-refractivity contribution in [3.8, 4) is 5.88 Å². The minimum Gasteiger partial charge on any atom is -0.472 e. The minimum atomic E-state index is -0.386. The quantitative estimate of drug-likeness (QED) is 0.693. The molecule has 0 saturated heterocycles. The van der Waals surface area contributed by atoms with Crippen LogP contribution in [0.2, 0.25) is 0 Å². The zero-order valence-corrected chi connectivity index (χ0v) is 19.6. The number of aliphatic hydroxyl groups is 1. The highest BCUT2D eigenvalue weighted by Gasteiger charge is 2.34. The fraction of sp³-hybridized carbons (Fsp3) is 0.440. The number of aromatic nitrogens is 2. The van der Waals surface area contributed by atoms with E-state index in [1.54, 1.807) is 35.3 Å². The molecule has 0 bridgehead atoms. The fourth-order valence-electron chi connectivity index (χ4n) is 3.78. The van der Waals surface area contributed by atoms with Gasteiger partial charge in [0.15, 0.2) is 0 Å². The van der Waals surface area contributed by atoms with Gasteiger partial charge in [-0.1, -0.05) is 25.1 Å². The van der Waals surface area contributed by atoms with E-state index >= 15 is 0 Å². The Bertz CT molecular complexity index is 995. The molecule has 2 aromatic heterocycles. The Kier molecular flexibility index (Phi) is 8.16. The average molecular weight is 453 g/mol. The molecule has 33 heavy (non-hydrogen) atoms. The van der Waals surface area contributed by atoms with E-state index in [-0.39, 0.29) is 48.8 Å². The summed E-state index contributed by atoms with van der Waals surface area (Å²) in [5, 5.41) is 9.75. The van der Waals surface area contributed by atoms with Crippen molar-refractivity contribution in [1.82, 2.24) is 19.8 Å². The van der Waals surface area contributed by atoms with E-state index in [1.807, 2.05) is 51.1 Å². The highest BCUT2D eigenvalue weighted by atomic mass is 16.5. The molecule has 1 aliphatic heterocycles. The topological polar surface area (TPSA) is 95.9 Å². The molecule has 2 amide bonds. The third-order valence-corrected chi connectivity index (χ3v) is 5.84. The smallest absolute Gasteiger partial charge is 0.259 e. The van der Waals surface area contributed by atoms with Crippen molar-refractivity contribution >= 4 is 17.9 Å². The molecule has 1 N–H and O–H groups in total. The Morgan fingerprint density at radius 2 is 2.18 bits per heavy atom. The summed E-state index contributed by atoms with van der Waals surface area (Å²) < 4.78 is 6.23. The van der Waals surface area contributed by atoms with Gasteiger partial charge in [-0.3, -0.25) is 14.6 Å². The number of rotatable bonds is 7. The Hall–Kier alpha value is -3.26. The van der Waals surface area contributed by atoms with Crippen LogP contribution in [-0.4, -0.2) is 75.6 Å². The summed E-state index contributed by atoms with van der Waals surface area (Å²) in [6.07, 6.45) is 6.88. The highest BCUT2D eigenvalue weighted by molar-refractivity contribution is 5.97. The summed E-state index contributed by atoms with van der Waals surface area (Å²) in [6, 6.07) is 6.89. The molecule has 3 heterocycles. The van der Waals surface area contributed by atoms with Crippen molar-refractivity contribution in [3.63, 3.8) is 0 Å². The van der Waals surface area contributed by atoms with Gasteiger partial charge in [-0.25, -0.2) is 4.98 Å². The summed E-state index contributed by atoms with van der Waals surface area (Å²) in [7, 11) is 1.74. The van der Waals surface area contributed by atoms with Crippen molar-refractivity contribution in [2.24, 2.45) is 5.92 Å². The molecule has 0 aliphatic carbocycles. The van der Waals surface area contributed by atoms with Gasteiger partial charge in [-0.05, 0) is 37.6 Å². The summed E-state index contributed by atoms with van der Waals surface area (Å²) in [5.41, 5.74) is 1.85. The Balaban J connectivity index is 1.87. The molecule has 3 atom stereocenters. The molecule has 1 aliphatic rings. The Morgan fingerprint density at radius 3 is 2.85 bits per heavy atom. The molecule has 0 unspecified atom stereocenters. The SMILES string of the molecule is C/C=C/c1cnc2c(c1)C(=O)N([C@@H](C)CO)C[C@H](C)[C@H](CN(C)C(=O)Cc1ccccn1)O2. The number of carbonyl (C=O) groups is 2. The molecule has 2 aromatic rings. The molecule has 8 heteroatoms. The minimum absolute atomic E-state index is 0.0696. The molecule has 3 rings (SSSR count). The molecule has 0 fully saturated rings. The zero-order chi connectivity index (χ0) is 24.0. The van der Waals surface area contributed by atoms with Crippen molar-refractivity contribution in [2.45, 2.75) is 39.3 Å². The van der Waals surface area contributed by atoms with Gasteiger partial charge in [0.1, 0.15) is 11.7 Å². The summed E-state index contributed by atoms with van der Waals surface area (Å²) in [5.74, 6) is -0.154. The van der Waals surface area contributed by atoms with Crippen LogP contribution in [-0.2, 0) is 11.2 Å². The van der Waals surface area contributed by atoms with E-state index in [2.05, 4.69) is 9.97 Å². The number of amides is 2. The largest absolute Gasteiger partial charge is 0.472 e. The van der Waals surface area contributed by atoms with E-state index < -0.39 is 0 Å². The maximum Gasteiger partial charge on any atom is 0.259 e. The van der Waals surface area contributed by atoms with E-state index in [1.165, 1.54) is 0 Å². The number of aliphatic hydroxyl groups excluding tert-OH is 1. The van der Waals surface area contributed by atoms with E-state index in [4.69, 9.17) is 4.74 Å². The van der Waals surface area contributed by atoms with Crippen LogP contribution in [0, 0.1) is 5.92 Å². The predicted octanol–water partition coefficient (Wildman–Crippen LogP) is 2.43. The lowest BCUT2D eigenvalue weighted by molar-refractivity contribution is -0.130. The van der Waals surface area contributed by atoms with Crippen LogP contribution >= 0.6 is 0 Å². The van der Waals surface area contributed by atoms with Crippen molar-refractivity contribution < 1.29 is 19.4 Å². The van der Waals surface area contributed by atoms with Crippen LogP contribution in [0.15, 0.2) is 42.7 Å². The third-order valence-electron chi connectivity index (χ3n) is 5.84. The van der Waals surface area contributed by atoms with Gasteiger partial charge in [-0.15, -0.1) is 0 Å². The number of allylic oxidation sites excluding steroid dienone is 1. The van der Waals surface area contributed by atoms with Crippen molar-refractivity contribution in [2.75, 3.05) is 26.7 Å². The Labute approximate surface area is 194 Å². The monoisotopic (exact) mass is 452 g/mol. The molecule has 0 radical (unpaired) electrons. The summed E-state index contributed by atoms with van der Waals surface area (Å²) >= 11 is 0. The summed E-state index contributed by atoms with van der Waals surface area (Å²) in [4.78, 5) is 38.1. The lowest BCUT2D eigenvalue weighted by Crippen LogP contribution is -2.50. The second kappa shape index (κ2) is 11.0. The number of pyridine rings is 2. The number of ether oxygens (including phenoxy) is 1. The normalized spacial score (nSPS) is 19.4. The second-order valence-electron chi connectivity index (χ2n) is 8.52. The van der Waals surface area contributed by atoms with Gasteiger partial charge >= 0.3 is 0 Å². The molecule has 8 nitrogen and oxygen atoms in total. The van der Waals surface area contributed by atoms with Crippen LogP contribution in [0.4, 0.5) is 0 Å². The van der Waals surface area contributed by atoms with E-state index in [9.17, 15) is 14.7 Å². The van der Waals surface area contributed by atoms with Crippen LogP contribution < -0.4 is 4.74 Å². The lowest BCUT2D eigenvalue weighted by Gasteiger charge is -2.37. The van der Waals surface area contributed by atoms with Gasteiger partial charge in [0, 0.05) is 37.6 Å². The second-order valence-corrected chi connectivity index (χ2v) is 8.52. The number of fused-ring (bicyclic) bond motifs is 1. The van der Waals surface area contributed by atoms with Crippen LogP contribution in [0.5, 0.6) is 5.88 Å². The maximum absolute atomic E-state index is 13.3. The average Bonchev–Trinajstić information content (AvgIpc) is 2.82. The number of nitrogens with zero attached hydrogens (tertiary/aromatic N) is 4. The molecular weight excluding hydrogens is 420 g/mol. The standard InChI is InChI=1S/C25H32N4O4/c1-5-8-19-11-21-24(27-13-19)33-22(17(2)14-29(25(21)32)18(3)16-30)15-28(4)23(31)12-20-9-6-7-10-26-20/h5-11,13,17-18,22,30H,12,14-16H2,1-4H3/b8-5+/t17-,18-,22-/m0/s1. The molecule has 176 valence electrons. The van der Waals surface area contributed by atoms with E-state index in [0.29, 0.717) is 24.3 Å². The molecule has 0 aromatic carbocycles. The highest BCUT2D eigenvalue weighted by Crippen LogP contribution is 2.27. The number of hydrogen-bond donors (Lipinski definition) is 1. The fourth-order valence-corrected chi connectivity index (χ4v) is 3.78. The van der Waals surface area contributed by atoms with Gasteiger partial charge in [0.25, 0.3) is 5.91 Å². The van der Waals surface area contributed by atoms with E-state index in [0.717, 1.165) is 5.56 Å². The van der Waals surface area contributed by atoms with Crippen molar-refractivity contribution in [1.29, 1.82) is 0 Å². The zero-order valence-electron chi connectivity index (χ0n) is 19.6. The van der Waals surface area contributed by atoms with Crippen LogP contribution in [0.3, 0.4) is 0 Å². The molecule has 0 saturated carbocycles. The first kappa shape index (κ1) is 24.4. The molecule has 0 spiro atoms. The third kappa shape index (κ3) is 5.96. The van der Waals surface area contributed by atoms with Gasteiger partial charge < -0.3 is 19.6 Å². The van der Waals surface area contributed by atoms with Gasteiger partial charge in [0.2, 0.25) is 11.8 Å². The number of hydrogen-bond acceptors (Lipinski definition) is 6. The lowest BCUT2D eigenvalue weighted by atomic mass is 9.99. The summed E-state index contributed by atoms with van der Waals surface area (Å²) in [6.45, 7) is 6.26. The first-order valence-electron chi connectivity index (χ1n) is 11.2. The number of likely N-dealkylation sites (N-methyl/N-ethyl adjacent to an activating group) is 1. The van der Waals surface area contributed by atoms with Gasteiger partial charge in [0.05, 0.1) is 25.6 Å². The van der Waals surface area contributed by atoms with Crippen LogP contribution in [0.25, 0.3) is 6.08 Å². The first-order valence-corrected chi connectivity index (χ1v) is 11.2. The predicted molar refractivity (Wildman–Crippen MR) is 126 cm³/mol. The maximum atomic E-state index is 13.3. The first-order chi connectivity index (χ1) is 15.8. The molecular formula is C25H32N4O4. The van der Waals surface area contributed by atoms with Crippen molar-refractivity contribution in [3.05, 3.63) is 59.6 Å².